The van der Waals surface area contributed by atoms with Crippen molar-refractivity contribution < 1.29 is 31.7 Å². The Labute approximate surface area is 139 Å². The van der Waals surface area contributed by atoms with E-state index in [1.807, 2.05) is 27.7 Å². The van der Waals surface area contributed by atoms with E-state index in [1.165, 1.54) is 0 Å². The third-order valence-corrected chi connectivity index (χ3v) is 5.81. The van der Waals surface area contributed by atoms with Gasteiger partial charge in [0.1, 0.15) is 0 Å². The van der Waals surface area contributed by atoms with E-state index in [9.17, 15) is 9.13 Å². The topological polar surface area (TPSA) is 80.3 Å². The smallest absolute Gasteiger partial charge is 0.306 e. The standard InChI is InChI=1S/C14H28O7P2/c1-12(2)7-17-23(16,18-8-13(3)4)21-11-22(15)19-9-14(5,6)10-20-22/h1,12-13H,7-11H2,2-6H3. The first-order valence-electron chi connectivity index (χ1n) is 7.63. The summed E-state index contributed by atoms with van der Waals surface area (Å²) in [4.78, 5) is 0. The lowest BCUT2D eigenvalue weighted by Gasteiger charge is -2.34. The predicted molar refractivity (Wildman–Crippen MR) is 87.1 cm³/mol. The van der Waals surface area contributed by atoms with Crippen molar-refractivity contribution in [1.82, 2.24) is 0 Å². The first-order chi connectivity index (χ1) is 10.5. The first kappa shape index (κ1) is 21.3. The van der Waals surface area contributed by atoms with Gasteiger partial charge in [-0.05, 0) is 18.8 Å². The SMILES string of the molecule is [CH]C(C)COP(=O)(OCC(C)C)OCP1(=O)OCC(C)(C)CO1. The maximum absolute atomic E-state index is 12.6. The number of hydrogen-bond donors (Lipinski definition) is 0. The summed E-state index contributed by atoms with van der Waals surface area (Å²) >= 11 is 0. The molecule has 9 heteroatoms. The second-order valence-electron chi connectivity index (χ2n) is 6.99. The molecule has 0 saturated carbocycles. The molecule has 0 bridgehead atoms. The van der Waals surface area contributed by atoms with Gasteiger partial charge >= 0.3 is 15.4 Å². The zero-order valence-electron chi connectivity index (χ0n) is 14.5. The van der Waals surface area contributed by atoms with Crippen LogP contribution in [0.2, 0.25) is 0 Å². The lowest BCUT2D eigenvalue weighted by atomic mass is 9.97. The molecule has 2 atom stereocenters. The van der Waals surface area contributed by atoms with Gasteiger partial charge in [0.05, 0.1) is 26.4 Å². The molecule has 136 valence electrons. The minimum absolute atomic E-state index is 0.00554. The molecule has 2 unspecified atom stereocenters. The molecule has 0 aromatic heterocycles. The van der Waals surface area contributed by atoms with Gasteiger partial charge in [0, 0.05) is 5.41 Å². The van der Waals surface area contributed by atoms with E-state index in [-0.39, 0.29) is 43.7 Å². The zero-order chi connectivity index (χ0) is 17.7. The molecule has 0 amide bonds. The van der Waals surface area contributed by atoms with Crippen LogP contribution in [0.1, 0.15) is 34.6 Å². The molecule has 0 aromatic rings. The second kappa shape index (κ2) is 8.57. The van der Waals surface area contributed by atoms with Crippen molar-refractivity contribution >= 4 is 15.4 Å². The fourth-order valence-electron chi connectivity index (χ4n) is 1.40. The summed E-state index contributed by atoms with van der Waals surface area (Å²) in [6.07, 6.45) is -0.489. The van der Waals surface area contributed by atoms with Crippen LogP contribution in [0, 0.1) is 24.2 Å². The molecule has 1 saturated heterocycles. The van der Waals surface area contributed by atoms with E-state index in [2.05, 4.69) is 0 Å². The zero-order valence-corrected chi connectivity index (χ0v) is 16.3. The van der Waals surface area contributed by atoms with Crippen molar-refractivity contribution in [1.29, 1.82) is 0 Å². The summed E-state index contributed by atoms with van der Waals surface area (Å²) in [5.74, 6) is -0.210. The highest BCUT2D eigenvalue weighted by Crippen LogP contribution is 2.59. The van der Waals surface area contributed by atoms with Crippen LogP contribution in [0.3, 0.4) is 0 Å². The molecule has 1 aliphatic heterocycles. The highest BCUT2D eigenvalue weighted by atomic mass is 31.2. The summed E-state index contributed by atoms with van der Waals surface area (Å²) in [5, 5.41) is 0. The van der Waals surface area contributed by atoms with Crippen LogP contribution in [0.15, 0.2) is 0 Å². The van der Waals surface area contributed by atoms with Crippen molar-refractivity contribution in [3.8, 4) is 0 Å². The van der Waals surface area contributed by atoms with Crippen LogP contribution < -0.4 is 0 Å². The lowest BCUT2D eigenvalue weighted by Crippen LogP contribution is -2.30. The molecular weight excluding hydrogens is 342 g/mol. The molecule has 0 N–H and O–H groups in total. The Bertz CT molecular complexity index is 432. The molecular formula is C14H28O7P2. The molecule has 0 aliphatic carbocycles. The summed E-state index contributed by atoms with van der Waals surface area (Å²) < 4.78 is 51.2. The molecule has 1 aliphatic rings. The fourth-order valence-corrected chi connectivity index (χ4v) is 4.97. The van der Waals surface area contributed by atoms with Gasteiger partial charge in [-0.15, -0.1) is 0 Å². The quantitative estimate of drug-likeness (QED) is 0.558. The lowest BCUT2D eigenvalue weighted by molar-refractivity contribution is 0.0306. The van der Waals surface area contributed by atoms with E-state index < -0.39 is 21.8 Å². The summed E-state index contributed by atoms with van der Waals surface area (Å²) in [7, 11) is -7.35. The normalized spacial score (nSPS) is 21.0. The molecule has 1 rings (SSSR count). The van der Waals surface area contributed by atoms with Gasteiger partial charge in [-0.1, -0.05) is 34.6 Å². The third-order valence-electron chi connectivity index (χ3n) is 2.74. The Morgan fingerprint density at radius 1 is 1.13 bits per heavy atom. The minimum Gasteiger partial charge on any atom is -0.306 e. The molecule has 23 heavy (non-hydrogen) atoms. The van der Waals surface area contributed by atoms with Gasteiger partial charge in [0.15, 0.2) is 6.35 Å². The van der Waals surface area contributed by atoms with Gasteiger partial charge in [0.25, 0.3) is 0 Å². The summed E-state index contributed by atoms with van der Waals surface area (Å²) in [6, 6.07) is 0. The predicted octanol–water partition coefficient (Wildman–Crippen LogP) is 4.37. The van der Waals surface area contributed by atoms with Crippen LogP contribution in [0.4, 0.5) is 0 Å². The second-order valence-corrected chi connectivity index (χ2v) is 10.7. The number of phosphoric ester groups is 1. The van der Waals surface area contributed by atoms with Crippen LogP contribution in [0.5, 0.6) is 0 Å². The molecule has 0 spiro atoms. The molecule has 7 nitrogen and oxygen atoms in total. The fraction of sp³-hybridized carbons (Fsp3) is 0.929. The Kier molecular flexibility index (Phi) is 7.94. The van der Waals surface area contributed by atoms with Crippen LogP contribution in [0.25, 0.3) is 0 Å². The van der Waals surface area contributed by atoms with E-state index in [4.69, 9.17) is 29.5 Å². The first-order valence-corrected chi connectivity index (χ1v) is 10.8. The van der Waals surface area contributed by atoms with E-state index in [0.717, 1.165) is 0 Å². The van der Waals surface area contributed by atoms with Crippen LogP contribution >= 0.6 is 15.4 Å². The Morgan fingerprint density at radius 2 is 1.65 bits per heavy atom. The van der Waals surface area contributed by atoms with Gasteiger partial charge in [0.2, 0.25) is 0 Å². The van der Waals surface area contributed by atoms with Gasteiger partial charge in [-0.2, -0.15) is 0 Å². The minimum atomic E-state index is -3.88. The highest BCUT2D eigenvalue weighted by Gasteiger charge is 2.40. The average molecular weight is 370 g/mol. The maximum Gasteiger partial charge on any atom is 0.475 e. The van der Waals surface area contributed by atoms with Gasteiger partial charge < -0.3 is 9.05 Å². The van der Waals surface area contributed by atoms with Crippen LogP contribution in [-0.4, -0.2) is 32.8 Å². The maximum atomic E-state index is 12.6. The molecule has 1 heterocycles. The van der Waals surface area contributed by atoms with Crippen molar-refractivity contribution in [2.75, 3.05) is 32.8 Å². The van der Waals surface area contributed by atoms with Crippen LogP contribution in [-0.2, 0) is 31.7 Å². The molecule has 1 fully saturated rings. The van der Waals surface area contributed by atoms with E-state index >= 15 is 0 Å². The van der Waals surface area contributed by atoms with Crippen molar-refractivity contribution in [2.45, 2.75) is 34.6 Å². The Balaban J connectivity index is 2.62. The molecule has 2 radical (unpaired) electrons. The van der Waals surface area contributed by atoms with Gasteiger partial charge in [-0.25, -0.2) is 4.57 Å². The average Bonchev–Trinajstić information content (AvgIpc) is 2.45. The number of hydrogen-bond acceptors (Lipinski definition) is 7. The van der Waals surface area contributed by atoms with Gasteiger partial charge in [-0.3, -0.25) is 18.1 Å². The number of rotatable bonds is 9. The number of phosphoric acid groups is 1. The highest BCUT2D eigenvalue weighted by molar-refractivity contribution is 7.55. The van der Waals surface area contributed by atoms with E-state index in [1.54, 1.807) is 6.92 Å². The Hall–Kier alpha value is 0.260. The summed E-state index contributed by atoms with van der Waals surface area (Å²) in [5.41, 5.74) is -0.225. The molecule has 0 aromatic carbocycles. The van der Waals surface area contributed by atoms with Crippen molar-refractivity contribution in [2.24, 2.45) is 17.3 Å². The Morgan fingerprint density at radius 3 is 2.13 bits per heavy atom. The monoisotopic (exact) mass is 370 g/mol. The van der Waals surface area contributed by atoms with E-state index in [0.29, 0.717) is 0 Å². The summed E-state index contributed by atoms with van der Waals surface area (Å²) in [6.45, 7) is 15.6. The largest absolute Gasteiger partial charge is 0.475 e. The van der Waals surface area contributed by atoms with Crippen molar-refractivity contribution in [3.63, 3.8) is 0 Å². The van der Waals surface area contributed by atoms with Crippen molar-refractivity contribution in [3.05, 3.63) is 6.92 Å². The third kappa shape index (κ3) is 8.26.